The van der Waals surface area contributed by atoms with Gasteiger partial charge in [-0.1, -0.05) is 5.16 Å². The minimum absolute atomic E-state index is 0.0666. The van der Waals surface area contributed by atoms with E-state index in [1.54, 1.807) is 13.8 Å². The van der Waals surface area contributed by atoms with E-state index in [0.29, 0.717) is 15.7 Å². The molecule has 0 amide bonds. The Morgan fingerprint density at radius 1 is 1.42 bits per heavy atom. The lowest BCUT2D eigenvalue weighted by Gasteiger charge is -2.07. The molecule has 0 atom stereocenters. The number of sulfonamides is 1. The molecule has 0 unspecified atom stereocenters. The van der Waals surface area contributed by atoms with E-state index < -0.39 is 10.0 Å². The van der Waals surface area contributed by atoms with E-state index >= 15 is 0 Å². The van der Waals surface area contributed by atoms with E-state index in [9.17, 15) is 8.42 Å². The number of anilines is 2. The number of hydrogen-bond acceptors (Lipinski definition) is 6. The van der Waals surface area contributed by atoms with E-state index in [2.05, 4.69) is 30.8 Å². The fraction of sp³-hybridized carbons (Fsp3) is 0.200. The van der Waals surface area contributed by atoms with Gasteiger partial charge in [0.15, 0.2) is 0 Å². The van der Waals surface area contributed by atoms with Crippen LogP contribution in [0.25, 0.3) is 0 Å². The summed E-state index contributed by atoms with van der Waals surface area (Å²) in [7, 11) is -3.88. The van der Waals surface area contributed by atoms with Gasteiger partial charge in [-0.2, -0.15) is 0 Å². The Bertz CT molecular complexity index is 726. The van der Waals surface area contributed by atoms with Crippen LogP contribution in [0.15, 0.2) is 26.2 Å². The topological polar surface area (TPSA) is 111 Å². The summed E-state index contributed by atoms with van der Waals surface area (Å²) in [6, 6.07) is 1.36. The summed E-state index contributed by atoms with van der Waals surface area (Å²) in [5.74, 6) is -0.0264. The Hall–Kier alpha value is -1.61. The van der Waals surface area contributed by atoms with Crippen LogP contribution in [0.1, 0.15) is 11.3 Å². The summed E-state index contributed by atoms with van der Waals surface area (Å²) in [5, 5.41) is 3.68. The van der Waals surface area contributed by atoms with E-state index in [1.807, 2.05) is 0 Å². The number of halogens is 1. The van der Waals surface area contributed by atoms with Crippen molar-refractivity contribution in [3.8, 4) is 0 Å². The molecule has 2 heterocycles. The van der Waals surface area contributed by atoms with Gasteiger partial charge in [-0.15, -0.1) is 0 Å². The number of rotatable bonds is 3. The normalized spacial score (nSPS) is 11.5. The molecule has 0 aliphatic carbocycles. The minimum Gasteiger partial charge on any atom is -0.383 e. The first-order valence-electron chi connectivity index (χ1n) is 5.18. The average molecular weight is 347 g/mol. The van der Waals surface area contributed by atoms with E-state index in [1.165, 1.54) is 12.3 Å². The third kappa shape index (κ3) is 2.71. The maximum Gasteiger partial charge on any atom is 0.267 e. The van der Waals surface area contributed by atoms with Crippen molar-refractivity contribution < 1.29 is 12.9 Å². The minimum atomic E-state index is -3.88. The van der Waals surface area contributed by atoms with Crippen molar-refractivity contribution in [1.29, 1.82) is 0 Å². The first kappa shape index (κ1) is 13.8. The zero-order valence-corrected chi connectivity index (χ0v) is 12.5. The van der Waals surface area contributed by atoms with Gasteiger partial charge in [0.1, 0.15) is 10.7 Å². The maximum absolute atomic E-state index is 12.2. The van der Waals surface area contributed by atoms with Gasteiger partial charge in [0.05, 0.1) is 5.69 Å². The zero-order chi connectivity index (χ0) is 14.2. The van der Waals surface area contributed by atoms with Crippen molar-refractivity contribution in [1.82, 2.24) is 10.1 Å². The van der Waals surface area contributed by atoms with Gasteiger partial charge in [0, 0.05) is 16.2 Å². The molecule has 0 bridgehead atoms. The molecule has 2 aromatic heterocycles. The van der Waals surface area contributed by atoms with Gasteiger partial charge in [0.25, 0.3) is 10.0 Å². The van der Waals surface area contributed by atoms with Crippen molar-refractivity contribution in [3.05, 3.63) is 28.0 Å². The summed E-state index contributed by atoms with van der Waals surface area (Å²) < 4.78 is 32.1. The monoisotopic (exact) mass is 346 g/mol. The lowest BCUT2D eigenvalue weighted by atomic mass is 10.3. The molecule has 0 radical (unpaired) electrons. The Kier molecular flexibility index (Phi) is 3.50. The van der Waals surface area contributed by atoms with Gasteiger partial charge in [0.2, 0.25) is 5.88 Å². The number of nitrogen functional groups attached to an aromatic ring is 1. The molecule has 0 spiro atoms. The second-order valence-electron chi connectivity index (χ2n) is 3.86. The van der Waals surface area contributed by atoms with Crippen molar-refractivity contribution >= 4 is 37.7 Å². The second kappa shape index (κ2) is 4.82. The molecule has 0 saturated heterocycles. The summed E-state index contributed by atoms with van der Waals surface area (Å²) in [5.41, 5.74) is 6.80. The molecule has 3 N–H and O–H groups in total. The number of nitrogens with one attached hydrogen (secondary N) is 1. The lowest BCUT2D eigenvalue weighted by Crippen LogP contribution is -2.15. The van der Waals surface area contributed by atoms with Crippen LogP contribution in [0.3, 0.4) is 0 Å². The Balaban J connectivity index is 2.43. The van der Waals surface area contributed by atoms with Crippen molar-refractivity contribution in [2.45, 2.75) is 18.7 Å². The largest absolute Gasteiger partial charge is 0.383 e. The van der Waals surface area contributed by atoms with Crippen LogP contribution in [-0.4, -0.2) is 18.6 Å². The molecule has 0 aliphatic rings. The summed E-state index contributed by atoms with van der Waals surface area (Å²) in [6.45, 7) is 3.41. The zero-order valence-electron chi connectivity index (χ0n) is 10.1. The highest BCUT2D eigenvalue weighted by Gasteiger charge is 2.22. The Morgan fingerprint density at radius 3 is 2.68 bits per heavy atom. The smallest absolute Gasteiger partial charge is 0.267 e. The molecule has 0 fully saturated rings. The van der Waals surface area contributed by atoms with E-state index in [4.69, 9.17) is 10.3 Å². The number of nitrogens with zero attached hydrogens (tertiary/aromatic N) is 2. The van der Waals surface area contributed by atoms with E-state index in [-0.39, 0.29) is 16.6 Å². The highest BCUT2D eigenvalue weighted by molar-refractivity contribution is 9.10. The van der Waals surface area contributed by atoms with E-state index in [0.717, 1.165) is 0 Å². The second-order valence-corrected chi connectivity index (χ2v) is 6.43. The summed E-state index contributed by atoms with van der Waals surface area (Å²) >= 11 is 3.15. The fourth-order valence-electron chi connectivity index (χ4n) is 1.33. The molecule has 102 valence electrons. The molecule has 19 heavy (non-hydrogen) atoms. The fourth-order valence-corrected chi connectivity index (χ4v) is 2.97. The Labute approximate surface area is 118 Å². The van der Waals surface area contributed by atoms with Crippen LogP contribution < -0.4 is 10.5 Å². The van der Waals surface area contributed by atoms with Gasteiger partial charge >= 0.3 is 0 Å². The van der Waals surface area contributed by atoms with Crippen molar-refractivity contribution in [2.24, 2.45) is 0 Å². The van der Waals surface area contributed by atoms with Crippen LogP contribution in [0.2, 0.25) is 0 Å². The van der Waals surface area contributed by atoms with Gasteiger partial charge in [-0.3, -0.25) is 0 Å². The van der Waals surface area contributed by atoms with Crippen molar-refractivity contribution in [3.63, 3.8) is 0 Å². The average Bonchev–Trinajstić information content (AvgIpc) is 2.63. The Morgan fingerprint density at radius 2 is 2.11 bits per heavy atom. The van der Waals surface area contributed by atoms with Gasteiger partial charge < -0.3 is 10.3 Å². The molecule has 2 aromatic rings. The third-order valence-corrected chi connectivity index (χ3v) is 4.32. The quantitative estimate of drug-likeness (QED) is 0.876. The molecule has 7 nitrogen and oxygen atoms in total. The number of pyridine rings is 1. The molecule has 0 saturated carbocycles. The van der Waals surface area contributed by atoms with Crippen molar-refractivity contribution in [2.75, 3.05) is 10.5 Å². The summed E-state index contributed by atoms with van der Waals surface area (Å²) in [6.07, 6.45) is 1.41. The first-order valence-corrected chi connectivity index (χ1v) is 7.45. The molecule has 0 aromatic carbocycles. The predicted octanol–water partition coefficient (Wildman–Crippen LogP) is 1.83. The number of aryl methyl sites for hydroxylation is 1. The van der Waals surface area contributed by atoms with Crippen LogP contribution >= 0.6 is 15.9 Å². The number of hydrogen-bond donors (Lipinski definition) is 2. The molecule has 2 rings (SSSR count). The lowest BCUT2D eigenvalue weighted by molar-refractivity contribution is 0.430. The summed E-state index contributed by atoms with van der Waals surface area (Å²) in [4.78, 5) is 3.65. The highest BCUT2D eigenvalue weighted by Crippen LogP contribution is 2.25. The van der Waals surface area contributed by atoms with Crippen LogP contribution in [0.5, 0.6) is 0 Å². The van der Waals surface area contributed by atoms with Gasteiger partial charge in [-0.25, -0.2) is 18.1 Å². The number of nitrogens with two attached hydrogens (primary N) is 1. The van der Waals surface area contributed by atoms with Gasteiger partial charge in [-0.05, 0) is 35.8 Å². The molecule has 0 aliphatic heterocycles. The molecular weight excluding hydrogens is 336 g/mol. The highest BCUT2D eigenvalue weighted by atomic mass is 79.9. The standard InChI is InChI=1S/C10H11BrN4O3S/c1-5-6(2)14-18-10(5)15-19(16,17)8-3-7(11)4-13-9(8)12/h3-4,15H,1-2H3,(H2,12,13). The van der Waals surface area contributed by atoms with Crippen LogP contribution in [0.4, 0.5) is 11.7 Å². The van der Waals surface area contributed by atoms with Crippen LogP contribution in [0, 0.1) is 13.8 Å². The maximum atomic E-state index is 12.2. The molecule has 9 heteroatoms. The third-order valence-electron chi connectivity index (χ3n) is 2.52. The van der Waals surface area contributed by atoms with Crippen LogP contribution in [-0.2, 0) is 10.0 Å². The SMILES string of the molecule is Cc1noc(NS(=O)(=O)c2cc(Br)cnc2N)c1C. The number of aromatic nitrogens is 2. The molecular formula is C10H11BrN4O3S. The predicted molar refractivity (Wildman–Crippen MR) is 73.1 cm³/mol. The first-order chi connectivity index (χ1) is 8.81.